The van der Waals surface area contributed by atoms with Crippen LogP contribution in [-0.4, -0.2) is 141 Å². The fourth-order valence-electron chi connectivity index (χ4n) is 8.81. The molecule has 0 radical (unpaired) electrons. The Hall–Kier alpha value is -5.16. The largest absolute Gasteiger partial charge is 0.453 e. The summed E-state index contributed by atoms with van der Waals surface area (Å²) in [5.74, 6) is 0.0928. The van der Waals surface area contributed by atoms with E-state index in [-0.39, 0.29) is 53.0 Å². The number of piperidine rings is 2. The SMILES string of the molecule is COC(=O)NC(C(=O)N1CCCC1c1nc(C(=O)N2CCC3(CC2)CCN(C(=O)c2c[nH]c(C4CCCN4C(=O)C(NC(=O)OC)C(C)C)n2)CC3)c[nH]1)C(C)C. The third kappa shape index (κ3) is 8.88. The fourth-order valence-corrected chi connectivity index (χ4v) is 8.81. The lowest BCUT2D eigenvalue weighted by Gasteiger charge is -2.46. The number of ether oxygens (including phenoxy) is 2. The Kier molecular flexibility index (Phi) is 12.8. The van der Waals surface area contributed by atoms with E-state index in [4.69, 9.17) is 9.47 Å². The molecule has 4 atom stereocenters. The molecular formula is C39H58N10O8. The van der Waals surface area contributed by atoms with Gasteiger partial charge in [-0.05, 0) is 68.6 Å². The highest BCUT2D eigenvalue weighted by Gasteiger charge is 2.42. The summed E-state index contributed by atoms with van der Waals surface area (Å²) < 4.78 is 9.47. The highest BCUT2D eigenvalue weighted by atomic mass is 16.5. The van der Waals surface area contributed by atoms with Crippen LogP contribution in [0.4, 0.5) is 9.59 Å². The number of aromatic nitrogens is 4. The number of carbonyl (C=O) groups is 6. The van der Waals surface area contributed by atoms with Crippen molar-refractivity contribution in [2.75, 3.05) is 53.5 Å². The maximum absolute atomic E-state index is 13.6. The second kappa shape index (κ2) is 17.5. The lowest BCUT2D eigenvalue weighted by Crippen LogP contribution is -2.51. The van der Waals surface area contributed by atoms with E-state index in [2.05, 4.69) is 30.6 Å². The number of imidazole rings is 2. The van der Waals surface area contributed by atoms with Gasteiger partial charge in [0.1, 0.15) is 35.1 Å². The molecule has 0 saturated carbocycles. The summed E-state index contributed by atoms with van der Waals surface area (Å²) in [4.78, 5) is 101. The van der Waals surface area contributed by atoms with Crippen LogP contribution >= 0.6 is 0 Å². The van der Waals surface area contributed by atoms with Gasteiger partial charge in [0, 0.05) is 51.7 Å². The number of carbonyl (C=O) groups excluding carboxylic acids is 6. The molecule has 6 rings (SSSR count). The second-order valence-corrected chi connectivity index (χ2v) is 16.5. The van der Waals surface area contributed by atoms with E-state index in [1.807, 2.05) is 37.5 Å². The van der Waals surface area contributed by atoms with Crippen LogP contribution in [0, 0.1) is 17.3 Å². The van der Waals surface area contributed by atoms with Crippen LogP contribution in [-0.2, 0) is 19.1 Å². The first-order valence-electron chi connectivity index (χ1n) is 20.2. The molecule has 18 heteroatoms. The number of H-pyrrole nitrogens is 2. The molecule has 57 heavy (non-hydrogen) atoms. The zero-order valence-electron chi connectivity index (χ0n) is 34.0. The van der Waals surface area contributed by atoms with E-state index < -0.39 is 24.3 Å². The second-order valence-electron chi connectivity index (χ2n) is 16.5. The number of aromatic amines is 2. The molecule has 0 bridgehead atoms. The number of likely N-dealkylation sites (tertiary alicyclic amines) is 4. The minimum Gasteiger partial charge on any atom is -0.453 e. The van der Waals surface area contributed by atoms with E-state index >= 15 is 0 Å². The number of hydrogen-bond acceptors (Lipinski definition) is 10. The first kappa shape index (κ1) is 41.5. The summed E-state index contributed by atoms with van der Waals surface area (Å²) in [6.45, 7) is 10.9. The molecule has 4 unspecified atom stereocenters. The number of alkyl carbamates (subject to hydrolysis) is 2. The maximum Gasteiger partial charge on any atom is 0.407 e. The van der Waals surface area contributed by atoms with Gasteiger partial charge in [-0.3, -0.25) is 19.2 Å². The summed E-state index contributed by atoms with van der Waals surface area (Å²) in [5.41, 5.74) is 0.664. The van der Waals surface area contributed by atoms with E-state index in [0.717, 1.165) is 38.5 Å². The zero-order chi connectivity index (χ0) is 41.0. The average molecular weight is 795 g/mol. The van der Waals surface area contributed by atoms with Crippen molar-refractivity contribution in [2.24, 2.45) is 17.3 Å². The highest BCUT2D eigenvalue weighted by molar-refractivity contribution is 5.93. The van der Waals surface area contributed by atoms with Gasteiger partial charge in [0.25, 0.3) is 11.8 Å². The number of nitrogens with one attached hydrogen (secondary N) is 4. The summed E-state index contributed by atoms with van der Waals surface area (Å²) in [6, 6.07) is -2.14. The smallest absolute Gasteiger partial charge is 0.407 e. The normalized spacial score (nSPS) is 21.8. The van der Waals surface area contributed by atoms with Gasteiger partial charge in [-0.25, -0.2) is 19.6 Å². The summed E-state index contributed by atoms with van der Waals surface area (Å²) in [6.07, 6.45) is 8.17. The van der Waals surface area contributed by atoms with Crippen LogP contribution in [0.5, 0.6) is 0 Å². The number of hydrogen-bond donors (Lipinski definition) is 4. The van der Waals surface area contributed by atoms with Gasteiger partial charge in [0.15, 0.2) is 0 Å². The predicted molar refractivity (Wildman–Crippen MR) is 206 cm³/mol. The molecule has 6 heterocycles. The van der Waals surface area contributed by atoms with Gasteiger partial charge < -0.3 is 49.7 Å². The van der Waals surface area contributed by atoms with Gasteiger partial charge >= 0.3 is 12.2 Å². The summed E-state index contributed by atoms with van der Waals surface area (Å²) in [5, 5.41) is 5.31. The molecule has 312 valence electrons. The third-order valence-corrected chi connectivity index (χ3v) is 12.3. The lowest BCUT2D eigenvalue weighted by molar-refractivity contribution is -0.136. The Morgan fingerprint density at radius 2 is 1.02 bits per heavy atom. The molecule has 2 aromatic rings. The van der Waals surface area contributed by atoms with E-state index in [1.54, 1.807) is 22.2 Å². The van der Waals surface area contributed by atoms with Crippen molar-refractivity contribution in [3.05, 3.63) is 35.4 Å². The van der Waals surface area contributed by atoms with Crippen molar-refractivity contribution in [3.63, 3.8) is 0 Å². The van der Waals surface area contributed by atoms with Crippen molar-refractivity contribution in [2.45, 2.75) is 103 Å². The molecule has 4 N–H and O–H groups in total. The van der Waals surface area contributed by atoms with Crippen molar-refractivity contribution in [3.8, 4) is 0 Å². The summed E-state index contributed by atoms with van der Waals surface area (Å²) in [7, 11) is 2.53. The third-order valence-electron chi connectivity index (χ3n) is 12.3. The summed E-state index contributed by atoms with van der Waals surface area (Å²) >= 11 is 0. The minimum atomic E-state index is -0.743. The molecule has 0 aliphatic carbocycles. The Balaban J connectivity index is 1.00. The van der Waals surface area contributed by atoms with Gasteiger partial charge in [-0.1, -0.05) is 27.7 Å². The van der Waals surface area contributed by atoms with Gasteiger partial charge in [-0.15, -0.1) is 0 Å². The zero-order valence-corrected chi connectivity index (χ0v) is 34.0. The molecule has 4 saturated heterocycles. The standard InChI is InChI=1S/C39H58N10O8/c1-23(2)29(44-37(54)56-5)35(52)48-15-7-9-27(48)31-40-21-25(42-31)33(50)46-17-11-39(12-18-46)13-19-47(20-14-39)34(51)26-22-41-32(43-26)28-10-8-16-49(28)36(53)30(24(3)4)45-38(55)57-6/h21-24,27-30H,7-20H2,1-6H3,(H,40,42)(H,41,43)(H,44,54)(H,45,55). The monoisotopic (exact) mass is 794 g/mol. The van der Waals surface area contributed by atoms with Crippen LogP contribution < -0.4 is 10.6 Å². The van der Waals surface area contributed by atoms with E-state index in [0.29, 0.717) is 75.1 Å². The molecule has 1 spiro atoms. The first-order valence-corrected chi connectivity index (χ1v) is 20.2. The Morgan fingerprint density at radius 1 is 0.649 bits per heavy atom. The lowest BCUT2D eigenvalue weighted by atomic mass is 9.71. The van der Waals surface area contributed by atoms with Crippen molar-refractivity contribution in [1.29, 1.82) is 0 Å². The molecule has 2 aromatic heterocycles. The van der Waals surface area contributed by atoms with Gasteiger partial charge in [0.05, 0.1) is 26.3 Å². The van der Waals surface area contributed by atoms with Crippen LogP contribution in [0.3, 0.4) is 0 Å². The topological polar surface area (TPSA) is 215 Å². The van der Waals surface area contributed by atoms with Gasteiger partial charge in [0.2, 0.25) is 11.8 Å². The maximum atomic E-state index is 13.6. The van der Waals surface area contributed by atoms with Crippen LogP contribution in [0.15, 0.2) is 12.4 Å². The molecule has 4 aliphatic rings. The fraction of sp³-hybridized carbons (Fsp3) is 0.692. The number of rotatable bonds is 10. The molecule has 4 fully saturated rings. The molecule has 4 aliphatic heterocycles. The van der Waals surface area contributed by atoms with Crippen molar-refractivity contribution >= 4 is 35.8 Å². The van der Waals surface area contributed by atoms with E-state index in [9.17, 15) is 28.8 Å². The Bertz CT molecular complexity index is 1660. The minimum absolute atomic E-state index is 0.0346. The number of methoxy groups -OCH3 is 2. The van der Waals surface area contributed by atoms with Crippen molar-refractivity contribution < 1.29 is 38.2 Å². The molecule has 0 aromatic carbocycles. The molecular weight excluding hydrogens is 736 g/mol. The van der Waals surface area contributed by atoms with E-state index in [1.165, 1.54) is 14.2 Å². The number of nitrogens with zero attached hydrogens (tertiary/aromatic N) is 6. The molecule has 6 amide bonds. The first-order chi connectivity index (χ1) is 27.3. The highest BCUT2D eigenvalue weighted by Crippen LogP contribution is 2.42. The Morgan fingerprint density at radius 3 is 1.35 bits per heavy atom. The van der Waals surface area contributed by atoms with Gasteiger partial charge in [-0.2, -0.15) is 0 Å². The van der Waals surface area contributed by atoms with Crippen LogP contribution in [0.25, 0.3) is 0 Å². The number of amides is 6. The average Bonchev–Trinajstić information content (AvgIpc) is 4.05. The van der Waals surface area contributed by atoms with Crippen LogP contribution in [0.1, 0.15) is 124 Å². The quantitative estimate of drug-likeness (QED) is 0.275. The molecule has 18 nitrogen and oxygen atoms in total. The Labute approximate surface area is 333 Å². The predicted octanol–water partition coefficient (Wildman–Crippen LogP) is 3.38. The van der Waals surface area contributed by atoms with Crippen molar-refractivity contribution in [1.82, 2.24) is 50.2 Å². The van der Waals surface area contributed by atoms with Crippen LogP contribution in [0.2, 0.25) is 0 Å².